The van der Waals surface area contributed by atoms with Crippen LogP contribution in [0.2, 0.25) is 0 Å². The molecule has 1 saturated heterocycles. The summed E-state index contributed by atoms with van der Waals surface area (Å²) in [5, 5.41) is 13.6. The molecule has 8 nitrogen and oxygen atoms in total. The zero-order chi connectivity index (χ0) is 23.2. The number of para-hydroxylation sites is 1. The quantitative estimate of drug-likeness (QED) is 0.625. The van der Waals surface area contributed by atoms with Gasteiger partial charge in [0, 0.05) is 56.0 Å². The molecule has 0 bridgehead atoms. The van der Waals surface area contributed by atoms with Crippen LogP contribution < -0.4 is 10.7 Å². The highest BCUT2D eigenvalue weighted by Gasteiger charge is 2.25. The van der Waals surface area contributed by atoms with Gasteiger partial charge in [0.05, 0.1) is 22.1 Å². The third-order valence-electron chi connectivity index (χ3n) is 5.92. The van der Waals surface area contributed by atoms with Gasteiger partial charge in [0.15, 0.2) is 0 Å². The minimum Gasteiger partial charge on any atom is -0.383 e. The van der Waals surface area contributed by atoms with E-state index in [1.165, 1.54) is 0 Å². The van der Waals surface area contributed by atoms with E-state index in [2.05, 4.69) is 31.2 Å². The van der Waals surface area contributed by atoms with Gasteiger partial charge in [-0.2, -0.15) is 10.2 Å². The average Bonchev–Trinajstić information content (AvgIpc) is 2.94. The van der Waals surface area contributed by atoms with E-state index in [1.54, 1.807) is 6.20 Å². The van der Waals surface area contributed by atoms with E-state index in [-0.39, 0.29) is 11.8 Å². The molecule has 0 unspecified atom stereocenters. The summed E-state index contributed by atoms with van der Waals surface area (Å²) < 4.78 is 0.711. The Labute approximate surface area is 202 Å². The lowest BCUT2D eigenvalue weighted by atomic mass is 9.93. The number of likely N-dealkylation sites (tertiary alicyclic amines) is 1. The molecule has 2 aromatic rings. The highest BCUT2D eigenvalue weighted by molar-refractivity contribution is 9.10. The van der Waals surface area contributed by atoms with Crippen molar-refractivity contribution in [2.75, 3.05) is 23.8 Å². The Balaban J connectivity index is 1.66. The van der Waals surface area contributed by atoms with E-state index in [9.17, 15) is 4.79 Å². The standard InChI is InChI=1S/C24H28BrN7O/c1-2-21(33)31-12-9-17(10-13-31)23-22(25)24(26)30-28-15-19(14-27-23)18-8-11-29-32(16-18)20-6-4-3-5-7-20/h3-7,11,14-17,30H,2,8-10,12-13,26H2,1H3. The van der Waals surface area contributed by atoms with Gasteiger partial charge in [0.1, 0.15) is 5.82 Å². The molecule has 2 aliphatic heterocycles. The Morgan fingerprint density at radius 3 is 2.70 bits per heavy atom. The highest BCUT2D eigenvalue weighted by Crippen LogP contribution is 2.33. The first kappa shape index (κ1) is 23.0. The van der Waals surface area contributed by atoms with Crippen LogP contribution in [0.1, 0.15) is 49.8 Å². The SMILES string of the molecule is CCC(=O)N1CCC(c2ncc(C3=CN(c4ccccc4)N=CC3)cn[nH]c(N)c2Br)CC1. The van der Waals surface area contributed by atoms with E-state index in [1.807, 2.05) is 65.8 Å². The Kier molecular flexibility index (Phi) is 7.39. The van der Waals surface area contributed by atoms with Crippen LogP contribution in [0.15, 0.2) is 58.5 Å². The summed E-state index contributed by atoms with van der Waals surface area (Å²) in [6.45, 7) is 3.35. The third-order valence-corrected chi connectivity index (χ3v) is 6.75. The van der Waals surface area contributed by atoms with E-state index >= 15 is 0 Å². The van der Waals surface area contributed by atoms with Crippen molar-refractivity contribution in [3.05, 3.63) is 64.7 Å². The van der Waals surface area contributed by atoms with Crippen LogP contribution >= 0.6 is 15.9 Å². The minimum atomic E-state index is 0.193. The number of nitrogens with zero attached hydrogens (tertiary/aromatic N) is 5. The predicted molar refractivity (Wildman–Crippen MR) is 135 cm³/mol. The van der Waals surface area contributed by atoms with Crippen LogP contribution in [0, 0.1) is 0 Å². The van der Waals surface area contributed by atoms with Crippen molar-refractivity contribution in [3.8, 4) is 0 Å². The first-order chi connectivity index (χ1) is 16.1. The molecule has 0 radical (unpaired) electrons. The number of aromatic amines is 1. The van der Waals surface area contributed by atoms with Gasteiger partial charge >= 0.3 is 0 Å². The molecule has 3 heterocycles. The van der Waals surface area contributed by atoms with E-state index in [4.69, 9.17) is 10.7 Å². The number of nitrogens with two attached hydrogens (primary N) is 1. The van der Waals surface area contributed by atoms with E-state index in [0.29, 0.717) is 23.1 Å². The number of nitrogen functional groups attached to an aromatic ring is 1. The van der Waals surface area contributed by atoms with Gasteiger partial charge < -0.3 is 10.6 Å². The molecular formula is C24H28BrN7O. The lowest BCUT2D eigenvalue weighted by molar-refractivity contribution is -0.131. The molecule has 3 N–H and O–H groups in total. The van der Waals surface area contributed by atoms with Crippen LogP contribution in [0.3, 0.4) is 0 Å². The molecule has 1 aromatic heterocycles. The molecule has 2 aliphatic rings. The zero-order valence-corrected chi connectivity index (χ0v) is 20.2. The number of amides is 1. The minimum absolute atomic E-state index is 0.193. The second-order valence-corrected chi connectivity index (χ2v) is 8.83. The number of rotatable bonds is 4. The second-order valence-electron chi connectivity index (χ2n) is 8.04. The summed E-state index contributed by atoms with van der Waals surface area (Å²) in [6, 6.07) is 9.98. The van der Waals surface area contributed by atoms with Gasteiger partial charge in [-0.15, -0.1) is 0 Å². The Morgan fingerprint density at radius 1 is 1.21 bits per heavy atom. The summed E-state index contributed by atoms with van der Waals surface area (Å²) >= 11 is 3.62. The zero-order valence-electron chi connectivity index (χ0n) is 18.6. The van der Waals surface area contributed by atoms with Crippen molar-refractivity contribution < 1.29 is 4.79 Å². The highest BCUT2D eigenvalue weighted by atomic mass is 79.9. The summed E-state index contributed by atoms with van der Waals surface area (Å²) in [5.41, 5.74) is 10.0. The molecule has 33 heavy (non-hydrogen) atoms. The van der Waals surface area contributed by atoms with Crippen molar-refractivity contribution in [2.45, 2.75) is 38.5 Å². The van der Waals surface area contributed by atoms with Crippen molar-refractivity contribution in [1.29, 1.82) is 0 Å². The molecule has 1 fully saturated rings. The molecule has 172 valence electrons. The van der Waals surface area contributed by atoms with Crippen LogP contribution in [0.5, 0.6) is 0 Å². The van der Waals surface area contributed by atoms with Gasteiger partial charge in [0.2, 0.25) is 5.91 Å². The number of piperidine rings is 1. The number of benzene rings is 1. The van der Waals surface area contributed by atoms with Crippen molar-refractivity contribution in [2.24, 2.45) is 5.10 Å². The number of hydrazone groups is 1. The van der Waals surface area contributed by atoms with Gasteiger partial charge in [-0.3, -0.25) is 14.9 Å². The van der Waals surface area contributed by atoms with Gasteiger partial charge in [0.25, 0.3) is 0 Å². The molecule has 0 saturated carbocycles. The summed E-state index contributed by atoms with van der Waals surface area (Å²) in [4.78, 5) is 18.9. The molecule has 1 amide bonds. The lowest BCUT2D eigenvalue weighted by Crippen LogP contribution is -2.37. The topological polar surface area (TPSA) is 104 Å². The molecule has 0 aliphatic carbocycles. The first-order valence-electron chi connectivity index (χ1n) is 11.1. The summed E-state index contributed by atoms with van der Waals surface area (Å²) in [5.74, 6) is 0.806. The number of carbonyl (C=O) groups is 1. The Morgan fingerprint density at radius 2 is 1.97 bits per heavy atom. The molecular weight excluding hydrogens is 482 g/mol. The van der Waals surface area contributed by atoms with Crippen molar-refractivity contribution in [1.82, 2.24) is 20.1 Å². The van der Waals surface area contributed by atoms with Gasteiger partial charge in [-0.25, -0.2) is 5.01 Å². The van der Waals surface area contributed by atoms with Crippen molar-refractivity contribution in [3.63, 3.8) is 0 Å². The number of hydrogen-bond acceptors (Lipinski definition) is 6. The first-order valence-corrected chi connectivity index (χ1v) is 11.9. The normalized spacial score (nSPS) is 16.4. The van der Waals surface area contributed by atoms with Crippen LogP contribution in [0.25, 0.3) is 5.57 Å². The number of nitrogens with one attached hydrogen (secondary N) is 1. The van der Waals surface area contributed by atoms with Crippen LogP contribution in [-0.4, -0.2) is 45.3 Å². The maximum atomic E-state index is 12.1. The average molecular weight is 510 g/mol. The number of allylic oxidation sites excluding steroid dienone is 1. The fourth-order valence-corrected chi connectivity index (χ4v) is 4.55. The van der Waals surface area contributed by atoms with E-state index in [0.717, 1.165) is 48.4 Å². The maximum Gasteiger partial charge on any atom is 0.222 e. The monoisotopic (exact) mass is 509 g/mol. The molecule has 0 atom stereocenters. The van der Waals surface area contributed by atoms with E-state index < -0.39 is 0 Å². The largest absolute Gasteiger partial charge is 0.383 e. The number of H-pyrrole nitrogens is 1. The number of anilines is 2. The number of carbonyl (C=O) groups excluding carboxylic acids is 1. The molecule has 0 spiro atoms. The predicted octanol–water partition coefficient (Wildman–Crippen LogP) is 4.63. The summed E-state index contributed by atoms with van der Waals surface area (Å²) in [7, 11) is 0. The maximum absolute atomic E-state index is 12.1. The fourth-order valence-electron chi connectivity index (χ4n) is 4.04. The molecule has 4 rings (SSSR count). The summed E-state index contributed by atoms with van der Waals surface area (Å²) in [6.07, 6.45) is 10.4. The number of aromatic nitrogens is 3. The Hall–Kier alpha value is -3.20. The lowest BCUT2D eigenvalue weighted by Gasteiger charge is -2.31. The van der Waals surface area contributed by atoms with Crippen molar-refractivity contribution >= 4 is 45.1 Å². The third kappa shape index (κ3) is 5.42. The fraction of sp³-hybridized carbons (Fsp3) is 0.333. The molecule has 1 aromatic carbocycles. The second kappa shape index (κ2) is 10.6. The van der Waals surface area contributed by atoms with Crippen LogP contribution in [-0.2, 0) is 4.79 Å². The number of hydrogen-bond donors (Lipinski definition) is 2. The number of halogens is 1. The Bertz CT molecular complexity index is 1100. The van der Waals surface area contributed by atoms with Crippen LogP contribution in [0.4, 0.5) is 11.5 Å². The molecule has 9 heteroatoms. The smallest absolute Gasteiger partial charge is 0.222 e. The van der Waals surface area contributed by atoms with Gasteiger partial charge in [-0.1, -0.05) is 25.1 Å². The van der Waals surface area contributed by atoms with Gasteiger partial charge in [-0.05, 0) is 46.5 Å².